The van der Waals surface area contributed by atoms with Crippen LogP contribution in [0.4, 0.5) is 0 Å². The monoisotopic (exact) mass is 272 g/mol. The maximum absolute atomic E-state index is 11.6. The van der Waals surface area contributed by atoms with Gasteiger partial charge in [-0.25, -0.2) is 4.79 Å². The first-order valence-electron chi connectivity index (χ1n) is 5.86. The molecule has 0 aliphatic rings. The van der Waals surface area contributed by atoms with Crippen LogP contribution in [0.25, 0.3) is 6.08 Å². The number of esters is 1. The van der Waals surface area contributed by atoms with Gasteiger partial charge in [0.05, 0.1) is 0 Å². The average Bonchev–Trinajstić information content (AvgIpc) is 2.42. The first kappa shape index (κ1) is 13.4. The molecule has 19 heavy (non-hydrogen) atoms. The number of hydrogen-bond donors (Lipinski definition) is 0. The van der Waals surface area contributed by atoms with Crippen LogP contribution in [0.2, 0.25) is 5.02 Å². The van der Waals surface area contributed by atoms with Crippen LogP contribution in [-0.4, -0.2) is 5.97 Å². The van der Waals surface area contributed by atoms with Crippen LogP contribution in [0.15, 0.2) is 54.6 Å². The van der Waals surface area contributed by atoms with Gasteiger partial charge in [0.2, 0.25) is 0 Å². The van der Waals surface area contributed by atoms with Crippen LogP contribution in [0.5, 0.6) is 5.75 Å². The van der Waals surface area contributed by atoms with Crippen molar-refractivity contribution in [3.8, 4) is 5.75 Å². The fourth-order valence-electron chi connectivity index (χ4n) is 1.56. The van der Waals surface area contributed by atoms with Crippen LogP contribution in [0, 0.1) is 6.92 Å². The smallest absolute Gasteiger partial charge is 0.336 e. The lowest BCUT2D eigenvalue weighted by Gasteiger charge is -2.03. The highest BCUT2D eigenvalue weighted by Gasteiger charge is 2.02. The van der Waals surface area contributed by atoms with E-state index in [2.05, 4.69) is 0 Å². The SMILES string of the molecule is Cc1cc(OC(=O)C=Cc2ccccc2)ccc1Cl. The zero-order valence-electron chi connectivity index (χ0n) is 10.5. The lowest BCUT2D eigenvalue weighted by Crippen LogP contribution is -2.03. The Labute approximate surface area is 117 Å². The Bertz CT molecular complexity index is 603. The molecule has 0 radical (unpaired) electrons. The van der Waals surface area contributed by atoms with Gasteiger partial charge in [-0.05, 0) is 42.3 Å². The number of benzene rings is 2. The molecule has 0 aliphatic carbocycles. The molecule has 3 heteroatoms. The van der Waals surface area contributed by atoms with E-state index in [-0.39, 0.29) is 0 Å². The fraction of sp³-hybridized carbons (Fsp3) is 0.0625. The molecule has 0 unspecified atom stereocenters. The average molecular weight is 273 g/mol. The van der Waals surface area contributed by atoms with E-state index in [0.29, 0.717) is 10.8 Å². The van der Waals surface area contributed by atoms with E-state index in [4.69, 9.17) is 16.3 Å². The maximum Gasteiger partial charge on any atom is 0.336 e. The number of carbonyl (C=O) groups excluding carboxylic acids is 1. The summed E-state index contributed by atoms with van der Waals surface area (Å²) in [6.45, 7) is 1.86. The number of carbonyl (C=O) groups is 1. The first-order valence-corrected chi connectivity index (χ1v) is 6.24. The molecule has 0 bridgehead atoms. The molecule has 0 aromatic heterocycles. The van der Waals surface area contributed by atoms with Gasteiger partial charge >= 0.3 is 5.97 Å². The van der Waals surface area contributed by atoms with Gasteiger partial charge in [0.25, 0.3) is 0 Å². The molecular formula is C16H13ClO2. The molecule has 0 spiro atoms. The minimum Gasteiger partial charge on any atom is -0.423 e. The standard InChI is InChI=1S/C16H13ClO2/c1-12-11-14(8-9-15(12)17)19-16(18)10-7-13-5-3-2-4-6-13/h2-11H,1H3. The number of halogens is 1. The minimum absolute atomic E-state index is 0.412. The van der Waals surface area contributed by atoms with Crippen LogP contribution >= 0.6 is 11.6 Å². The molecule has 0 fully saturated rings. The van der Waals surface area contributed by atoms with E-state index < -0.39 is 5.97 Å². The van der Waals surface area contributed by atoms with Crippen molar-refractivity contribution in [3.63, 3.8) is 0 Å². The molecule has 2 nitrogen and oxygen atoms in total. The third-order valence-electron chi connectivity index (χ3n) is 2.56. The van der Waals surface area contributed by atoms with E-state index in [9.17, 15) is 4.79 Å². The van der Waals surface area contributed by atoms with Crippen molar-refractivity contribution < 1.29 is 9.53 Å². The van der Waals surface area contributed by atoms with Crippen molar-refractivity contribution in [2.24, 2.45) is 0 Å². The zero-order chi connectivity index (χ0) is 13.7. The lowest BCUT2D eigenvalue weighted by atomic mass is 10.2. The maximum atomic E-state index is 11.6. The lowest BCUT2D eigenvalue weighted by molar-refractivity contribution is -0.128. The summed E-state index contributed by atoms with van der Waals surface area (Å²) in [7, 11) is 0. The Kier molecular flexibility index (Phi) is 4.37. The quantitative estimate of drug-likeness (QED) is 0.474. The highest BCUT2D eigenvalue weighted by atomic mass is 35.5. The van der Waals surface area contributed by atoms with Gasteiger partial charge in [-0.15, -0.1) is 0 Å². The summed E-state index contributed by atoms with van der Waals surface area (Å²) in [6.07, 6.45) is 3.12. The van der Waals surface area contributed by atoms with Crippen LogP contribution in [0.1, 0.15) is 11.1 Å². The third-order valence-corrected chi connectivity index (χ3v) is 2.98. The normalized spacial score (nSPS) is 10.6. The molecule has 0 N–H and O–H groups in total. The van der Waals surface area contributed by atoms with Gasteiger partial charge in [0.1, 0.15) is 5.75 Å². The summed E-state index contributed by atoms with van der Waals surface area (Å²) in [6, 6.07) is 14.7. The van der Waals surface area contributed by atoms with Crippen LogP contribution in [0.3, 0.4) is 0 Å². The summed E-state index contributed by atoms with van der Waals surface area (Å²) >= 11 is 5.90. The Hall–Kier alpha value is -2.06. The molecule has 0 saturated carbocycles. The van der Waals surface area contributed by atoms with E-state index in [1.807, 2.05) is 37.3 Å². The van der Waals surface area contributed by atoms with Crippen molar-refractivity contribution in [2.45, 2.75) is 6.92 Å². The third kappa shape index (κ3) is 3.97. The van der Waals surface area contributed by atoms with Gasteiger partial charge in [-0.3, -0.25) is 0 Å². The van der Waals surface area contributed by atoms with E-state index >= 15 is 0 Å². The van der Waals surface area contributed by atoms with E-state index in [1.165, 1.54) is 6.08 Å². The van der Waals surface area contributed by atoms with Gasteiger partial charge in [0.15, 0.2) is 0 Å². The second-order valence-electron chi connectivity index (χ2n) is 4.08. The topological polar surface area (TPSA) is 26.3 Å². The molecule has 0 atom stereocenters. The van der Waals surface area contributed by atoms with Crippen molar-refractivity contribution in [2.75, 3.05) is 0 Å². The molecule has 0 saturated heterocycles. The summed E-state index contributed by atoms with van der Waals surface area (Å²) in [4.78, 5) is 11.6. The second kappa shape index (κ2) is 6.21. The van der Waals surface area contributed by atoms with E-state index in [0.717, 1.165) is 11.1 Å². The van der Waals surface area contributed by atoms with Crippen molar-refractivity contribution in [1.29, 1.82) is 0 Å². The number of rotatable bonds is 3. The molecule has 0 heterocycles. The predicted octanol–water partition coefficient (Wildman–Crippen LogP) is 4.27. The Balaban J connectivity index is 2.01. The van der Waals surface area contributed by atoms with Gasteiger partial charge in [-0.1, -0.05) is 41.9 Å². The summed E-state index contributed by atoms with van der Waals surface area (Å²) in [5, 5.41) is 0.652. The van der Waals surface area contributed by atoms with E-state index in [1.54, 1.807) is 24.3 Å². The summed E-state index contributed by atoms with van der Waals surface area (Å²) in [5.41, 5.74) is 1.82. The Morgan fingerprint density at radius 3 is 2.58 bits per heavy atom. The number of aryl methyl sites for hydroxylation is 1. The van der Waals surface area contributed by atoms with Crippen LogP contribution in [-0.2, 0) is 4.79 Å². The van der Waals surface area contributed by atoms with Crippen molar-refractivity contribution in [3.05, 3.63) is 70.8 Å². The van der Waals surface area contributed by atoms with Crippen LogP contribution < -0.4 is 4.74 Å². The predicted molar refractivity (Wildman–Crippen MR) is 77.3 cm³/mol. The van der Waals surface area contributed by atoms with Gasteiger partial charge in [-0.2, -0.15) is 0 Å². The molecule has 2 aromatic carbocycles. The van der Waals surface area contributed by atoms with Gasteiger partial charge in [0, 0.05) is 11.1 Å². The largest absolute Gasteiger partial charge is 0.423 e. The highest BCUT2D eigenvalue weighted by molar-refractivity contribution is 6.31. The molecule has 0 aliphatic heterocycles. The molecule has 2 aromatic rings. The zero-order valence-corrected chi connectivity index (χ0v) is 11.2. The minimum atomic E-state index is -0.412. The Morgan fingerprint density at radius 1 is 1.16 bits per heavy atom. The molecular weight excluding hydrogens is 260 g/mol. The fourth-order valence-corrected chi connectivity index (χ4v) is 1.68. The first-order chi connectivity index (χ1) is 9.15. The number of ether oxygens (including phenoxy) is 1. The molecule has 2 rings (SSSR count). The van der Waals surface area contributed by atoms with Crippen molar-refractivity contribution in [1.82, 2.24) is 0 Å². The Morgan fingerprint density at radius 2 is 1.89 bits per heavy atom. The highest BCUT2D eigenvalue weighted by Crippen LogP contribution is 2.21. The summed E-state index contributed by atoms with van der Waals surface area (Å²) < 4.78 is 5.19. The van der Waals surface area contributed by atoms with Crippen molar-refractivity contribution >= 4 is 23.6 Å². The summed E-state index contributed by atoms with van der Waals surface area (Å²) in [5.74, 6) is 0.0789. The van der Waals surface area contributed by atoms with Gasteiger partial charge < -0.3 is 4.74 Å². The molecule has 0 amide bonds. The second-order valence-corrected chi connectivity index (χ2v) is 4.48. The molecule has 96 valence electrons. The number of hydrogen-bond acceptors (Lipinski definition) is 2.